The molecule has 0 spiro atoms. The van der Waals surface area contributed by atoms with Gasteiger partial charge in [-0.3, -0.25) is 4.68 Å². The van der Waals surface area contributed by atoms with E-state index >= 15 is 0 Å². The summed E-state index contributed by atoms with van der Waals surface area (Å²) in [6.45, 7) is 3.27. The summed E-state index contributed by atoms with van der Waals surface area (Å²) in [5, 5.41) is 7.60. The molecule has 0 radical (unpaired) electrons. The third kappa shape index (κ3) is 2.08. The third-order valence-corrected chi connectivity index (χ3v) is 2.42. The van der Waals surface area contributed by atoms with E-state index in [1.54, 1.807) is 0 Å². The first kappa shape index (κ1) is 8.72. The average Bonchev–Trinajstić information content (AvgIpc) is 2.43. The van der Waals surface area contributed by atoms with Crippen molar-refractivity contribution in [2.24, 2.45) is 7.05 Å². The lowest BCUT2D eigenvalue weighted by atomic mass is 10.1. The van der Waals surface area contributed by atoms with Crippen LogP contribution in [0.3, 0.4) is 0 Å². The molecule has 2 rings (SSSR count). The standard InChI is InChI=1S/C9H16N4/c1-12-6-9(7-12)10-3-8-4-11-13(2)5-8/h4-5,9-10H,3,6-7H2,1-2H3. The fourth-order valence-electron chi connectivity index (χ4n) is 1.65. The van der Waals surface area contributed by atoms with Gasteiger partial charge in [0.1, 0.15) is 0 Å². The Labute approximate surface area is 78.5 Å². The molecular formula is C9H16N4. The Kier molecular flexibility index (Phi) is 2.33. The number of aryl methyl sites for hydroxylation is 1. The zero-order valence-corrected chi connectivity index (χ0v) is 8.20. The number of likely N-dealkylation sites (N-methyl/N-ethyl adjacent to an activating group) is 1. The summed E-state index contributed by atoms with van der Waals surface area (Å²) in [6, 6.07) is 0.671. The van der Waals surface area contributed by atoms with Gasteiger partial charge in [0.05, 0.1) is 6.20 Å². The number of hydrogen-bond donors (Lipinski definition) is 1. The number of hydrogen-bond acceptors (Lipinski definition) is 3. The van der Waals surface area contributed by atoms with E-state index in [0.717, 1.165) is 6.54 Å². The van der Waals surface area contributed by atoms with Crippen molar-refractivity contribution in [1.82, 2.24) is 20.0 Å². The molecule has 4 nitrogen and oxygen atoms in total. The van der Waals surface area contributed by atoms with Gasteiger partial charge in [-0.2, -0.15) is 5.10 Å². The molecule has 1 N–H and O–H groups in total. The Morgan fingerprint density at radius 2 is 2.31 bits per heavy atom. The van der Waals surface area contributed by atoms with Crippen molar-refractivity contribution in [2.75, 3.05) is 20.1 Å². The van der Waals surface area contributed by atoms with Gasteiger partial charge in [-0.1, -0.05) is 0 Å². The molecule has 1 aromatic heterocycles. The topological polar surface area (TPSA) is 33.1 Å². The van der Waals surface area contributed by atoms with Crippen molar-refractivity contribution >= 4 is 0 Å². The van der Waals surface area contributed by atoms with E-state index < -0.39 is 0 Å². The van der Waals surface area contributed by atoms with Crippen molar-refractivity contribution < 1.29 is 0 Å². The normalized spacial score (nSPS) is 18.9. The second kappa shape index (κ2) is 3.47. The smallest absolute Gasteiger partial charge is 0.0534 e. The van der Waals surface area contributed by atoms with Crippen LogP contribution in [0, 0.1) is 0 Å². The number of likely N-dealkylation sites (tertiary alicyclic amines) is 1. The average molecular weight is 180 g/mol. The van der Waals surface area contributed by atoms with E-state index in [1.165, 1.54) is 18.7 Å². The SMILES string of the molecule is CN1CC(NCc2cnn(C)c2)C1. The summed E-state index contributed by atoms with van der Waals surface area (Å²) in [5.41, 5.74) is 1.26. The molecule has 1 aromatic rings. The minimum absolute atomic E-state index is 0.671. The predicted octanol–water partition coefficient (Wildman–Crippen LogP) is -0.176. The highest BCUT2D eigenvalue weighted by Crippen LogP contribution is 2.05. The van der Waals surface area contributed by atoms with Gasteiger partial charge in [-0.15, -0.1) is 0 Å². The van der Waals surface area contributed by atoms with Gasteiger partial charge in [0.15, 0.2) is 0 Å². The minimum atomic E-state index is 0.671. The Balaban J connectivity index is 1.74. The van der Waals surface area contributed by atoms with Crippen molar-refractivity contribution in [3.8, 4) is 0 Å². The van der Waals surface area contributed by atoms with Crippen LogP contribution in [0.15, 0.2) is 12.4 Å². The predicted molar refractivity (Wildman–Crippen MR) is 51.3 cm³/mol. The molecule has 0 atom stereocenters. The molecular weight excluding hydrogens is 164 g/mol. The maximum Gasteiger partial charge on any atom is 0.0534 e. The third-order valence-electron chi connectivity index (χ3n) is 2.42. The molecule has 1 aliphatic rings. The molecule has 72 valence electrons. The second-order valence-electron chi connectivity index (χ2n) is 3.82. The Morgan fingerprint density at radius 1 is 1.54 bits per heavy atom. The lowest BCUT2D eigenvalue weighted by Gasteiger charge is -2.36. The summed E-state index contributed by atoms with van der Waals surface area (Å²) in [7, 11) is 4.09. The molecule has 0 unspecified atom stereocenters. The van der Waals surface area contributed by atoms with Gasteiger partial charge in [0.25, 0.3) is 0 Å². The van der Waals surface area contributed by atoms with Crippen molar-refractivity contribution in [3.05, 3.63) is 18.0 Å². The number of aromatic nitrogens is 2. The van der Waals surface area contributed by atoms with E-state index in [0.29, 0.717) is 6.04 Å². The van der Waals surface area contributed by atoms with Crippen LogP contribution in [0.1, 0.15) is 5.56 Å². The maximum absolute atomic E-state index is 4.12. The molecule has 4 heteroatoms. The van der Waals surface area contributed by atoms with Gasteiger partial charge in [0.2, 0.25) is 0 Å². The van der Waals surface area contributed by atoms with Gasteiger partial charge in [-0.05, 0) is 7.05 Å². The monoisotopic (exact) mass is 180 g/mol. The van der Waals surface area contributed by atoms with Crippen LogP contribution >= 0.6 is 0 Å². The Morgan fingerprint density at radius 3 is 2.85 bits per heavy atom. The lowest BCUT2D eigenvalue weighted by Crippen LogP contribution is -2.55. The van der Waals surface area contributed by atoms with E-state index in [4.69, 9.17) is 0 Å². The first-order chi connectivity index (χ1) is 6.24. The largest absolute Gasteiger partial charge is 0.307 e. The van der Waals surface area contributed by atoms with Crippen LogP contribution in [0.25, 0.3) is 0 Å². The first-order valence-corrected chi connectivity index (χ1v) is 4.63. The quantitative estimate of drug-likeness (QED) is 0.700. The van der Waals surface area contributed by atoms with Crippen LogP contribution < -0.4 is 5.32 Å². The fraction of sp³-hybridized carbons (Fsp3) is 0.667. The molecule has 0 saturated carbocycles. The van der Waals surface area contributed by atoms with Gasteiger partial charge in [-0.25, -0.2) is 0 Å². The minimum Gasteiger partial charge on any atom is -0.307 e. The van der Waals surface area contributed by atoms with E-state index in [9.17, 15) is 0 Å². The molecule has 0 amide bonds. The molecule has 1 aliphatic heterocycles. The summed E-state index contributed by atoms with van der Waals surface area (Å²) in [4.78, 5) is 2.31. The first-order valence-electron chi connectivity index (χ1n) is 4.63. The van der Waals surface area contributed by atoms with Crippen molar-refractivity contribution in [2.45, 2.75) is 12.6 Å². The molecule has 0 aromatic carbocycles. The highest BCUT2D eigenvalue weighted by Gasteiger charge is 2.21. The van der Waals surface area contributed by atoms with Crippen LogP contribution in [-0.4, -0.2) is 40.9 Å². The van der Waals surface area contributed by atoms with E-state index in [-0.39, 0.29) is 0 Å². The lowest BCUT2D eigenvalue weighted by molar-refractivity contribution is 0.161. The summed E-state index contributed by atoms with van der Waals surface area (Å²) < 4.78 is 1.84. The molecule has 0 aliphatic carbocycles. The number of nitrogens with zero attached hydrogens (tertiary/aromatic N) is 3. The van der Waals surface area contributed by atoms with Crippen LogP contribution in [-0.2, 0) is 13.6 Å². The van der Waals surface area contributed by atoms with Crippen LogP contribution in [0.5, 0.6) is 0 Å². The van der Waals surface area contributed by atoms with Crippen LogP contribution in [0.4, 0.5) is 0 Å². The van der Waals surface area contributed by atoms with E-state index in [1.807, 2.05) is 17.9 Å². The molecule has 1 saturated heterocycles. The van der Waals surface area contributed by atoms with E-state index in [2.05, 4.69) is 28.6 Å². The second-order valence-corrected chi connectivity index (χ2v) is 3.82. The Hall–Kier alpha value is -0.870. The fourth-order valence-corrected chi connectivity index (χ4v) is 1.65. The number of rotatable bonds is 3. The zero-order chi connectivity index (χ0) is 9.26. The van der Waals surface area contributed by atoms with Gasteiger partial charge < -0.3 is 10.2 Å². The summed E-state index contributed by atoms with van der Waals surface area (Å²) in [5.74, 6) is 0. The van der Waals surface area contributed by atoms with Gasteiger partial charge >= 0.3 is 0 Å². The Bertz CT molecular complexity index is 275. The highest BCUT2D eigenvalue weighted by molar-refractivity contribution is 5.03. The molecule has 1 fully saturated rings. The molecule has 13 heavy (non-hydrogen) atoms. The summed E-state index contributed by atoms with van der Waals surface area (Å²) in [6.07, 6.45) is 3.96. The van der Waals surface area contributed by atoms with Crippen molar-refractivity contribution in [3.63, 3.8) is 0 Å². The zero-order valence-electron chi connectivity index (χ0n) is 8.20. The van der Waals surface area contributed by atoms with Gasteiger partial charge in [0, 0.05) is 44.5 Å². The highest BCUT2D eigenvalue weighted by atomic mass is 15.2. The van der Waals surface area contributed by atoms with Crippen molar-refractivity contribution in [1.29, 1.82) is 0 Å². The maximum atomic E-state index is 4.12. The number of nitrogens with one attached hydrogen (secondary N) is 1. The summed E-state index contributed by atoms with van der Waals surface area (Å²) >= 11 is 0. The molecule has 2 heterocycles. The molecule has 0 bridgehead atoms. The van der Waals surface area contributed by atoms with Crippen LogP contribution in [0.2, 0.25) is 0 Å².